The number of nitrogens with zero attached hydrogens (tertiary/aromatic N) is 1. The highest BCUT2D eigenvalue weighted by Gasteiger charge is 2.21. The maximum absolute atomic E-state index is 11.7. The zero-order valence-corrected chi connectivity index (χ0v) is 9.17. The highest BCUT2D eigenvalue weighted by atomic mass is 16.1. The van der Waals surface area contributed by atoms with E-state index >= 15 is 0 Å². The third-order valence-electron chi connectivity index (χ3n) is 2.79. The quantitative estimate of drug-likeness (QED) is 0.725. The van der Waals surface area contributed by atoms with Gasteiger partial charge in [0.15, 0.2) is 0 Å². The third-order valence-corrected chi connectivity index (χ3v) is 2.79. The van der Waals surface area contributed by atoms with E-state index in [1.54, 1.807) is 0 Å². The normalized spacial score (nSPS) is 23.6. The van der Waals surface area contributed by atoms with Gasteiger partial charge in [-0.2, -0.15) is 0 Å². The topological polar surface area (TPSA) is 60.1 Å². The lowest BCUT2D eigenvalue weighted by Crippen LogP contribution is -2.32. The number of nitrogens with one attached hydrogen (secondary N) is 1. The first-order valence-corrected chi connectivity index (χ1v) is 5.58. The molecule has 2 unspecified atom stereocenters. The Kier molecular flexibility index (Phi) is 3.41. The molecule has 0 spiro atoms. The first kappa shape index (κ1) is 11.0. The first-order valence-electron chi connectivity index (χ1n) is 5.58. The van der Waals surface area contributed by atoms with Crippen molar-refractivity contribution in [1.29, 1.82) is 0 Å². The molecule has 1 aliphatic carbocycles. The van der Waals surface area contributed by atoms with Gasteiger partial charge in [-0.05, 0) is 18.6 Å². The summed E-state index contributed by atoms with van der Waals surface area (Å²) in [5.74, 6) is 0.0380. The SMILES string of the molecule is NC1C=CC(C(=O)NCCn2cccc2)C1. The van der Waals surface area contributed by atoms with Crippen LogP contribution in [-0.2, 0) is 11.3 Å². The molecule has 0 aliphatic heterocycles. The van der Waals surface area contributed by atoms with Crippen LogP contribution >= 0.6 is 0 Å². The van der Waals surface area contributed by atoms with Crippen molar-refractivity contribution in [3.8, 4) is 0 Å². The second-order valence-electron chi connectivity index (χ2n) is 4.10. The molecule has 2 atom stereocenters. The Morgan fingerprint density at radius 2 is 2.12 bits per heavy atom. The summed E-state index contributed by atoms with van der Waals surface area (Å²) in [7, 11) is 0. The number of carbonyl (C=O) groups is 1. The van der Waals surface area contributed by atoms with Gasteiger partial charge in [-0.1, -0.05) is 12.2 Å². The van der Waals surface area contributed by atoms with E-state index < -0.39 is 0 Å². The molecule has 0 aromatic carbocycles. The lowest BCUT2D eigenvalue weighted by Gasteiger charge is -2.10. The maximum atomic E-state index is 11.7. The molecule has 1 aliphatic rings. The van der Waals surface area contributed by atoms with Crippen LogP contribution < -0.4 is 11.1 Å². The molecular formula is C12H17N3O. The molecule has 86 valence electrons. The van der Waals surface area contributed by atoms with Gasteiger partial charge < -0.3 is 15.6 Å². The molecule has 16 heavy (non-hydrogen) atoms. The number of hydrogen-bond donors (Lipinski definition) is 2. The average Bonchev–Trinajstić information content (AvgIpc) is 2.89. The van der Waals surface area contributed by atoms with E-state index in [0.29, 0.717) is 6.54 Å². The van der Waals surface area contributed by atoms with Gasteiger partial charge in [0.1, 0.15) is 0 Å². The van der Waals surface area contributed by atoms with Gasteiger partial charge in [0.2, 0.25) is 5.91 Å². The van der Waals surface area contributed by atoms with Crippen LogP contribution in [0.1, 0.15) is 6.42 Å². The Labute approximate surface area is 95.1 Å². The standard InChI is InChI=1S/C12H17N3O/c13-11-4-3-10(9-11)12(16)14-5-8-15-6-1-2-7-15/h1-4,6-7,10-11H,5,8-9,13H2,(H,14,16). The largest absolute Gasteiger partial charge is 0.354 e. The number of nitrogens with two attached hydrogens (primary N) is 1. The van der Waals surface area contributed by atoms with Crippen molar-refractivity contribution in [3.05, 3.63) is 36.7 Å². The summed E-state index contributed by atoms with van der Waals surface area (Å²) in [6, 6.07) is 3.99. The summed E-state index contributed by atoms with van der Waals surface area (Å²) in [5.41, 5.74) is 5.70. The van der Waals surface area contributed by atoms with Gasteiger partial charge in [-0.3, -0.25) is 4.79 Å². The lowest BCUT2D eigenvalue weighted by atomic mass is 10.1. The number of hydrogen-bond acceptors (Lipinski definition) is 2. The molecule has 4 heteroatoms. The first-order chi connectivity index (χ1) is 7.75. The number of rotatable bonds is 4. The van der Waals surface area contributed by atoms with Crippen molar-refractivity contribution in [2.24, 2.45) is 11.7 Å². The average molecular weight is 219 g/mol. The molecule has 0 radical (unpaired) electrons. The molecule has 0 fully saturated rings. The molecule has 4 nitrogen and oxygen atoms in total. The fraction of sp³-hybridized carbons (Fsp3) is 0.417. The van der Waals surface area contributed by atoms with Crippen LogP contribution in [-0.4, -0.2) is 23.1 Å². The van der Waals surface area contributed by atoms with Crippen LogP contribution in [0, 0.1) is 5.92 Å². The van der Waals surface area contributed by atoms with Crippen LogP contribution in [0.5, 0.6) is 0 Å². The van der Waals surface area contributed by atoms with Crippen molar-refractivity contribution in [1.82, 2.24) is 9.88 Å². The van der Waals surface area contributed by atoms with Gasteiger partial charge in [0.05, 0.1) is 5.92 Å². The van der Waals surface area contributed by atoms with E-state index in [1.165, 1.54) is 0 Å². The second-order valence-corrected chi connectivity index (χ2v) is 4.10. The van der Waals surface area contributed by atoms with E-state index in [0.717, 1.165) is 13.0 Å². The van der Waals surface area contributed by atoms with Crippen LogP contribution in [0.15, 0.2) is 36.7 Å². The van der Waals surface area contributed by atoms with Gasteiger partial charge in [-0.15, -0.1) is 0 Å². The molecule has 1 heterocycles. The van der Waals surface area contributed by atoms with Gasteiger partial charge in [0, 0.05) is 31.5 Å². The minimum atomic E-state index is -0.0420. The lowest BCUT2D eigenvalue weighted by molar-refractivity contribution is -0.123. The van der Waals surface area contributed by atoms with Crippen molar-refractivity contribution >= 4 is 5.91 Å². The highest BCUT2D eigenvalue weighted by molar-refractivity contribution is 5.81. The monoisotopic (exact) mass is 219 g/mol. The van der Waals surface area contributed by atoms with Crippen molar-refractivity contribution in [3.63, 3.8) is 0 Å². The predicted molar refractivity (Wildman–Crippen MR) is 62.7 cm³/mol. The summed E-state index contributed by atoms with van der Waals surface area (Å²) < 4.78 is 2.04. The van der Waals surface area contributed by atoms with E-state index in [-0.39, 0.29) is 17.9 Å². The summed E-state index contributed by atoms with van der Waals surface area (Å²) >= 11 is 0. The second kappa shape index (κ2) is 4.99. The van der Waals surface area contributed by atoms with Crippen LogP contribution in [0.2, 0.25) is 0 Å². The Morgan fingerprint density at radius 3 is 2.75 bits per heavy atom. The summed E-state index contributed by atoms with van der Waals surface area (Å²) in [4.78, 5) is 11.7. The number of carbonyl (C=O) groups excluding carboxylic acids is 1. The molecule has 0 saturated heterocycles. The number of aromatic nitrogens is 1. The molecule has 2 rings (SSSR count). The van der Waals surface area contributed by atoms with E-state index in [1.807, 2.05) is 41.2 Å². The Balaban J connectivity index is 1.70. The summed E-state index contributed by atoms with van der Waals surface area (Å²) in [5, 5.41) is 2.92. The fourth-order valence-corrected chi connectivity index (χ4v) is 1.88. The zero-order valence-electron chi connectivity index (χ0n) is 9.17. The van der Waals surface area contributed by atoms with Crippen molar-refractivity contribution in [2.75, 3.05) is 6.54 Å². The van der Waals surface area contributed by atoms with Crippen molar-refractivity contribution in [2.45, 2.75) is 19.0 Å². The maximum Gasteiger partial charge on any atom is 0.227 e. The minimum Gasteiger partial charge on any atom is -0.354 e. The summed E-state index contributed by atoms with van der Waals surface area (Å²) in [6.07, 6.45) is 8.50. The third kappa shape index (κ3) is 2.73. The smallest absolute Gasteiger partial charge is 0.227 e. The Hall–Kier alpha value is -1.55. The van der Waals surface area contributed by atoms with Crippen LogP contribution in [0.25, 0.3) is 0 Å². The molecule has 0 saturated carbocycles. The Bertz CT molecular complexity index is 370. The molecule has 1 aromatic heterocycles. The molecule has 1 amide bonds. The number of amides is 1. The minimum absolute atomic E-state index is 0.0419. The summed E-state index contributed by atoms with van der Waals surface area (Å²) in [6.45, 7) is 1.47. The predicted octanol–water partition coefficient (Wildman–Crippen LogP) is 0.508. The van der Waals surface area contributed by atoms with Gasteiger partial charge in [0.25, 0.3) is 0 Å². The molecule has 1 aromatic rings. The van der Waals surface area contributed by atoms with Crippen LogP contribution in [0.4, 0.5) is 0 Å². The Morgan fingerprint density at radius 1 is 1.38 bits per heavy atom. The van der Waals surface area contributed by atoms with Crippen molar-refractivity contribution < 1.29 is 4.79 Å². The molecular weight excluding hydrogens is 202 g/mol. The highest BCUT2D eigenvalue weighted by Crippen LogP contribution is 2.15. The van der Waals surface area contributed by atoms with Gasteiger partial charge >= 0.3 is 0 Å². The molecule has 3 N–H and O–H groups in total. The van der Waals surface area contributed by atoms with Gasteiger partial charge in [-0.25, -0.2) is 0 Å². The van der Waals surface area contributed by atoms with E-state index in [2.05, 4.69) is 5.32 Å². The fourth-order valence-electron chi connectivity index (χ4n) is 1.88. The van der Waals surface area contributed by atoms with E-state index in [9.17, 15) is 4.79 Å². The molecule has 0 bridgehead atoms. The van der Waals surface area contributed by atoms with Crippen LogP contribution in [0.3, 0.4) is 0 Å². The zero-order chi connectivity index (χ0) is 11.4. The van der Waals surface area contributed by atoms with E-state index in [4.69, 9.17) is 5.73 Å².